The zero-order chi connectivity index (χ0) is 40.4. The van der Waals surface area contributed by atoms with Crippen LogP contribution >= 0.6 is 0 Å². The topological polar surface area (TPSA) is 173 Å². The van der Waals surface area contributed by atoms with Gasteiger partial charge in [-0.2, -0.15) is 5.10 Å². The third-order valence-electron chi connectivity index (χ3n) is 10.3. The van der Waals surface area contributed by atoms with Crippen LogP contribution in [0.4, 0.5) is 15.9 Å². The Hall–Kier alpha value is -6.96. The zero-order valence-electron chi connectivity index (χ0n) is 32.0. The number of piperazine rings is 1. The molecule has 3 aromatic heterocycles. The van der Waals surface area contributed by atoms with Crippen LogP contribution in [0.15, 0.2) is 88.6 Å². The fourth-order valence-electron chi connectivity index (χ4n) is 7.20. The Morgan fingerprint density at radius 1 is 0.842 bits per heavy atom. The molecule has 7 rings (SSSR count). The van der Waals surface area contributed by atoms with Crippen LogP contribution in [-0.2, 0) is 17.8 Å². The molecule has 1 saturated heterocycles. The predicted molar refractivity (Wildman–Crippen MR) is 216 cm³/mol. The van der Waals surface area contributed by atoms with Crippen LogP contribution in [0.2, 0.25) is 0 Å². The van der Waals surface area contributed by atoms with E-state index in [4.69, 9.17) is 4.98 Å². The number of carbonyl (C=O) groups excluding carboxylic acids is 3. The molecule has 0 aliphatic carbocycles. The molecule has 1 fully saturated rings. The molecule has 57 heavy (non-hydrogen) atoms. The van der Waals surface area contributed by atoms with Gasteiger partial charge in [-0.1, -0.05) is 24.3 Å². The van der Waals surface area contributed by atoms with Gasteiger partial charge < -0.3 is 25.4 Å². The molecule has 0 saturated carbocycles. The first-order valence-corrected chi connectivity index (χ1v) is 18.5. The highest BCUT2D eigenvalue weighted by Crippen LogP contribution is 2.30. The summed E-state index contributed by atoms with van der Waals surface area (Å²) in [5, 5.41) is 13.6. The van der Waals surface area contributed by atoms with Crippen molar-refractivity contribution < 1.29 is 18.8 Å². The number of aromatic amines is 2. The zero-order valence-corrected chi connectivity index (χ0v) is 32.0. The lowest BCUT2D eigenvalue weighted by Gasteiger charge is -2.35. The lowest BCUT2D eigenvalue weighted by molar-refractivity contribution is -0.114. The Morgan fingerprint density at radius 2 is 1.60 bits per heavy atom. The van der Waals surface area contributed by atoms with Crippen LogP contribution in [0.3, 0.4) is 0 Å². The average Bonchev–Trinajstić information content (AvgIpc) is 3.19. The van der Waals surface area contributed by atoms with E-state index in [2.05, 4.69) is 25.8 Å². The van der Waals surface area contributed by atoms with Crippen molar-refractivity contribution in [2.45, 2.75) is 40.7 Å². The maximum atomic E-state index is 15.1. The van der Waals surface area contributed by atoms with Crippen LogP contribution < -0.4 is 26.7 Å². The van der Waals surface area contributed by atoms with Crippen LogP contribution in [0.5, 0.6) is 0 Å². The summed E-state index contributed by atoms with van der Waals surface area (Å²) in [5.74, 6) is -1.03. The van der Waals surface area contributed by atoms with Gasteiger partial charge in [-0.3, -0.25) is 24.0 Å². The van der Waals surface area contributed by atoms with Crippen LogP contribution in [0.1, 0.15) is 61.3 Å². The molecule has 0 unspecified atom stereocenters. The van der Waals surface area contributed by atoms with Gasteiger partial charge >= 0.3 is 0 Å². The molecule has 1 aliphatic heterocycles. The minimum Gasteiger partial charge on any atom is -0.353 e. The van der Waals surface area contributed by atoms with Crippen molar-refractivity contribution in [3.05, 3.63) is 150 Å². The van der Waals surface area contributed by atoms with E-state index in [-0.39, 0.29) is 29.1 Å². The number of pyridine rings is 2. The van der Waals surface area contributed by atoms with E-state index in [9.17, 15) is 24.0 Å². The maximum Gasteiger partial charge on any atom is 0.272 e. The molecule has 0 atom stereocenters. The number of nitrogens with zero attached hydrogens (tertiary/aromatic N) is 4. The van der Waals surface area contributed by atoms with E-state index in [0.29, 0.717) is 94.0 Å². The number of anilines is 2. The molecule has 3 aromatic carbocycles. The summed E-state index contributed by atoms with van der Waals surface area (Å²) in [6, 6.07) is 20.7. The Bertz CT molecular complexity index is 2660. The molecule has 0 radical (unpaired) electrons. The van der Waals surface area contributed by atoms with Gasteiger partial charge in [0.1, 0.15) is 11.6 Å². The Balaban J connectivity index is 1.03. The van der Waals surface area contributed by atoms with E-state index in [1.165, 1.54) is 13.0 Å². The van der Waals surface area contributed by atoms with E-state index in [1.54, 1.807) is 61.3 Å². The fourth-order valence-corrected chi connectivity index (χ4v) is 7.20. The van der Waals surface area contributed by atoms with Crippen molar-refractivity contribution in [3.63, 3.8) is 0 Å². The van der Waals surface area contributed by atoms with Crippen molar-refractivity contribution in [2.24, 2.45) is 0 Å². The van der Waals surface area contributed by atoms with Crippen molar-refractivity contribution in [3.8, 4) is 11.1 Å². The SMILES string of the molecule is CC(=O)Nc1cc(-c2ccc(N3CCN(C(=O)c4cc(Cc5n[nH]c(=O)c6ccccc56)ccc4F)CC3)nc2)cc(C(=O)NCc2c(C)cc(C)[nH]c2=O)c1C. The number of aromatic nitrogens is 4. The van der Waals surface area contributed by atoms with Crippen LogP contribution in [-0.4, -0.2) is 69.0 Å². The van der Waals surface area contributed by atoms with Crippen molar-refractivity contribution in [1.29, 1.82) is 0 Å². The number of rotatable bonds is 9. The smallest absolute Gasteiger partial charge is 0.272 e. The number of benzene rings is 3. The van der Waals surface area contributed by atoms with Gasteiger partial charge in [-0.05, 0) is 91.6 Å². The molecule has 4 N–H and O–H groups in total. The lowest BCUT2D eigenvalue weighted by atomic mass is 9.98. The second-order valence-electron chi connectivity index (χ2n) is 14.2. The molecule has 6 aromatic rings. The maximum absolute atomic E-state index is 15.1. The second kappa shape index (κ2) is 16.0. The van der Waals surface area contributed by atoms with Gasteiger partial charge in [0.05, 0.1) is 16.6 Å². The first-order valence-electron chi connectivity index (χ1n) is 18.5. The van der Waals surface area contributed by atoms with E-state index in [1.807, 2.05) is 42.2 Å². The third-order valence-corrected chi connectivity index (χ3v) is 10.3. The molecule has 4 heterocycles. The van der Waals surface area contributed by atoms with Crippen LogP contribution in [0.25, 0.3) is 21.9 Å². The van der Waals surface area contributed by atoms with Gasteiger partial charge in [-0.25, -0.2) is 14.5 Å². The highest BCUT2D eigenvalue weighted by molar-refractivity contribution is 6.01. The number of carbonyl (C=O) groups is 3. The summed E-state index contributed by atoms with van der Waals surface area (Å²) < 4.78 is 15.1. The largest absolute Gasteiger partial charge is 0.353 e. The first kappa shape index (κ1) is 38.3. The number of amides is 3. The van der Waals surface area contributed by atoms with Gasteiger partial charge in [0, 0.05) is 85.7 Å². The first-order chi connectivity index (χ1) is 27.4. The summed E-state index contributed by atoms with van der Waals surface area (Å²) in [5.41, 5.74) is 5.44. The molecule has 14 heteroatoms. The van der Waals surface area contributed by atoms with E-state index >= 15 is 4.39 Å². The van der Waals surface area contributed by atoms with E-state index < -0.39 is 17.6 Å². The molecule has 13 nitrogen and oxygen atoms in total. The Labute approximate surface area is 327 Å². The molecule has 1 aliphatic rings. The molecular formula is C43H41FN8O5. The van der Waals surface area contributed by atoms with Crippen molar-refractivity contribution in [1.82, 2.24) is 30.4 Å². The number of hydrogen-bond acceptors (Lipinski definition) is 8. The van der Waals surface area contributed by atoms with Gasteiger partial charge in [-0.15, -0.1) is 0 Å². The fraction of sp³-hybridized carbons (Fsp3) is 0.233. The highest BCUT2D eigenvalue weighted by atomic mass is 19.1. The van der Waals surface area contributed by atoms with Gasteiger partial charge in [0.2, 0.25) is 5.91 Å². The summed E-state index contributed by atoms with van der Waals surface area (Å²) in [4.78, 5) is 75.1. The monoisotopic (exact) mass is 768 g/mol. The number of fused-ring (bicyclic) bond motifs is 1. The minimum absolute atomic E-state index is 0.0270. The number of aryl methyl sites for hydroxylation is 2. The minimum atomic E-state index is -0.613. The van der Waals surface area contributed by atoms with E-state index in [0.717, 1.165) is 11.3 Å². The molecule has 3 amide bonds. The standard InChI is InChI=1S/C43H41FN8O5/c1-24-17-25(2)47-41(55)35(24)23-46-40(54)33-20-30(21-37(26(33)3)48-27(4)53)29-10-12-39(45-22-29)51-13-15-52(16-14-51)43(57)34-18-28(9-11-36(34)44)19-38-31-7-5-6-8-32(31)42(56)50-49-38/h5-12,17-18,20-22H,13-16,19,23H2,1-4H3,(H,46,54)(H,47,55)(H,48,53)(H,50,56). The van der Waals surface area contributed by atoms with Crippen LogP contribution in [0, 0.1) is 26.6 Å². The lowest BCUT2D eigenvalue weighted by Crippen LogP contribution is -2.49. The summed E-state index contributed by atoms with van der Waals surface area (Å²) >= 11 is 0. The molecule has 0 spiro atoms. The van der Waals surface area contributed by atoms with Gasteiger partial charge in [0.15, 0.2) is 0 Å². The summed E-state index contributed by atoms with van der Waals surface area (Å²) in [6.07, 6.45) is 1.99. The second-order valence-corrected chi connectivity index (χ2v) is 14.2. The third kappa shape index (κ3) is 8.20. The summed E-state index contributed by atoms with van der Waals surface area (Å²) in [7, 11) is 0. The normalized spacial score (nSPS) is 12.8. The Morgan fingerprint density at radius 3 is 2.30 bits per heavy atom. The predicted octanol–water partition coefficient (Wildman–Crippen LogP) is 5.18. The average molecular weight is 769 g/mol. The number of nitrogens with one attached hydrogen (secondary N) is 4. The molecule has 0 bridgehead atoms. The quantitative estimate of drug-likeness (QED) is 0.156. The number of hydrogen-bond donors (Lipinski definition) is 4. The number of H-pyrrole nitrogens is 2. The van der Waals surface area contributed by atoms with Gasteiger partial charge in [0.25, 0.3) is 22.9 Å². The molecule has 290 valence electrons. The highest BCUT2D eigenvalue weighted by Gasteiger charge is 2.26. The summed E-state index contributed by atoms with van der Waals surface area (Å²) in [6.45, 7) is 8.43. The molecular weight excluding hydrogens is 728 g/mol. The number of halogens is 1. The van der Waals surface area contributed by atoms with Crippen molar-refractivity contribution in [2.75, 3.05) is 36.4 Å². The Kier molecular flexibility index (Phi) is 10.8. The van der Waals surface area contributed by atoms with Crippen molar-refractivity contribution >= 4 is 40.0 Å².